The van der Waals surface area contributed by atoms with Crippen molar-refractivity contribution in [1.29, 1.82) is 0 Å². The number of allylic oxidation sites excluding steroid dienone is 1. The highest BCUT2D eigenvalue weighted by atomic mass is 16.7. The van der Waals surface area contributed by atoms with Gasteiger partial charge in [0.05, 0.1) is 17.8 Å². The summed E-state index contributed by atoms with van der Waals surface area (Å²) in [6, 6.07) is 6.09. The molecule has 2 fully saturated rings. The van der Waals surface area contributed by atoms with Gasteiger partial charge in [0, 0.05) is 54.4 Å². The van der Waals surface area contributed by atoms with Gasteiger partial charge in [-0.25, -0.2) is 0 Å². The molecule has 1 aromatic carbocycles. The third kappa shape index (κ3) is 9.55. The van der Waals surface area contributed by atoms with E-state index in [1.807, 2.05) is 0 Å². The average Bonchev–Trinajstić information content (AvgIpc) is 2.98. The SMILES string of the molecule is CC(=O)OCC1OC(Oc2ccc(C3=COC4CC(OC(C)=O)CC(OC(C)=O)C4C3=O)cc2)C(OC(C)=O)C(OC(C)=O)C1OC(C)=O. The van der Waals surface area contributed by atoms with Crippen molar-refractivity contribution in [3.63, 3.8) is 0 Å². The highest BCUT2D eigenvalue weighted by Gasteiger charge is 2.53. The van der Waals surface area contributed by atoms with E-state index in [1.54, 1.807) is 12.1 Å². The average molecular weight is 691 g/mol. The lowest BCUT2D eigenvalue weighted by Crippen LogP contribution is -2.63. The molecule has 0 N–H and O–H groups in total. The Morgan fingerprint density at radius 1 is 0.694 bits per heavy atom. The van der Waals surface area contributed by atoms with Gasteiger partial charge in [-0.3, -0.25) is 33.6 Å². The number of carbonyl (C=O) groups excluding carboxylic acids is 7. The molecule has 16 heteroatoms. The number of fused-ring (bicyclic) bond motifs is 1. The number of ketones is 1. The quantitative estimate of drug-likeness (QED) is 0.253. The van der Waals surface area contributed by atoms with Crippen molar-refractivity contribution >= 4 is 47.2 Å². The van der Waals surface area contributed by atoms with Crippen LogP contribution >= 0.6 is 0 Å². The zero-order valence-electron chi connectivity index (χ0n) is 27.7. The summed E-state index contributed by atoms with van der Waals surface area (Å²) in [5.41, 5.74) is 0.629. The summed E-state index contributed by atoms with van der Waals surface area (Å²) in [6.07, 6.45) is -7.37. The molecule has 1 saturated heterocycles. The fourth-order valence-corrected chi connectivity index (χ4v) is 6.02. The Kier molecular flexibility index (Phi) is 12.0. The summed E-state index contributed by atoms with van der Waals surface area (Å²) in [7, 11) is 0. The van der Waals surface area contributed by atoms with Crippen molar-refractivity contribution in [1.82, 2.24) is 0 Å². The van der Waals surface area contributed by atoms with Crippen molar-refractivity contribution in [2.24, 2.45) is 5.92 Å². The number of ether oxygens (including phenoxy) is 9. The molecule has 2 aliphatic heterocycles. The van der Waals surface area contributed by atoms with Crippen LogP contribution in [0.25, 0.3) is 5.57 Å². The van der Waals surface area contributed by atoms with Crippen LogP contribution in [0, 0.1) is 5.92 Å². The fraction of sp³-hybridized carbons (Fsp3) is 0.545. The van der Waals surface area contributed by atoms with Crippen molar-refractivity contribution < 1.29 is 76.2 Å². The highest BCUT2D eigenvalue weighted by Crippen LogP contribution is 2.39. The Labute approximate surface area is 281 Å². The van der Waals surface area contributed by atoms with Gasteiger partial charge in [-0.1, -0.05) is 12.1 Å². The van der Waals surface area contributed by atoms with Gasteiger partial charge in [0.25, 0.3) is 0 Å². The fourth-order valence-electron chi connectivity index (χ4n) is 6.02. The smallest absolute Gasteiger partial charge is 0.303 e. The molecule has 2 heterocycles. The van der Waals surface area contributed by atoms with Gasteiger partial charge in [-0.15, -0.1) is 0 Å². The maximum Gasteiger partial charge on any atom is 0.303 e. The van der Waals surface area contributed by atoms with Gasteiger partial charge < -0.3 is 42.6 Å². The Hall–Kier alpha value is -4.99. The molecule has 9 atom stereocenters. The standard InChI is InChI=1S/C33H38O16/c1-15(34)41-14-27-30(45-18(4)37)31(46-19(5)38)32(47-20(6)39)33(49-27)48-22-9-7-21(8-10-22)24-13-42-25-11-23(43-16(2)35)12-26(44-17(3)36)28(25)29(24)40/h7-10,13,23,25-28,30-33H,11-12,14H2,1-6H3. The molecule has 0 aromatic heterocycles. The van der Waals surface area contributed by atoms with Crippen LogP contribution in [0.1, 0.15) is 59.9 Å². The van der Waals surface area contributed by atoms with E-state index in [0.29, 0.717) is 5.56 Å². The maximum atomic E-state index is 13.7. The summed E-state index contributed by atoms with van der Waals surface area (Å²) < 4.78 is 50.0. The topological polar surface area (TPSA) is 203 Å². The first-order chi connectivity index (χ1) is 23.1. The predicted molar refractivity (Wildman–Crippen MR) is 161 cm³/mol. The molecule has 9 unspecified atom stereocenters. The Morgan fingerprint density at radius 3 is 1.84 bits per heavy atom. The Bertz CT molecular complexity index is 1480. The van der Waals surface area contributed by atoms with E-state index in [-0.39, 0.29) is 29.9 Å². The molecule has 49 heavy (non-hydrogen) atoms. The molecular formula is C33H38O16. The van der Waals surface area contributed by atoms with Crippen LogP contribution in [0.2, 0.25) is 0 Å². The second-order valence-corrected chi connectivity index (χ2v) is 11.7. The summed E-state index contributed by atoms with van der Waals surface area (Å²) in [5.74, 6) is -5.13. The van der Waals surface area contributed by atoms with Crippen LogP contribution in [0.15, 0.2) is 30.5 Å². The van der Waals surface area contributed by atoms with Crippen LogP contribution in [-0.4, -0.2) is 97.2 Å². The number of rotatable bonds is 10. The molecule has 3 aliphatic rings. The normalized spacial score (nSPS) is 29.1. The van der Waals surface area contributed by atoms with Crippen molar-refractivity contribution in [2.45, 2.75) is 103 Å². The second kappa shape index (κ2) is 15.9. The summed E-state index contributed by atoms with van der Waals surface area (Å²) >= 11 is 0. The molecule has 0 spiro atoms. The van der Waals surface area contributed by atoms with E-state index in [2.05, 4.69) is 0 Å². The van der Waals surface area contributed by atoms with E-state index < -0.39 is 97.4 Å². The van der Waals surface area contributed by atoms with Crippen molar-refractivity contribution in [2.75, 3.05) is 6.61 Å². The number of hydrogen-bond donors (Lipinski definition) is 0. The van der Waals surface area contributed by atoms with Crippen LogP contribution in [0.4, 0.5) is 0 Å². The highest BCUT2D eigenvalue weighted by molar-refractivity contribution is 6.22. The molecule has 4 rings (SSSR count). The molecule has 1 aromatic rings. The molecule has 266 valence electrons. The van der Waals surface area contributed by atoms with E-state index >= 15 is 0 Å². The lowest BCUT2D eigenvalue weighted by atomic mass is 9.75. The Morgan fingerprint density at radius 2 is 1.27 bits per heavy atom. The van der Waals surface area contributed by atoms with Crippen molar-refractivity contribution in [3.8, 4) is 5.75 Å². The molecule has 16 nitrogen and oxygen atoms in total. The van der Waals surface area contributed by atoms with E-state index in [1.165, 1.54) is 32.2 Å². The van der Waals surface area contributed by atoms with Crippen LogP contribution in [-0.2, 0) is 71.5 Å². The number of carbonyl (C=O) groups is 7. The lowest BCUT2D eigenvalue weighted by molar-refractivity contribution is -0.288. The van der Waals surface area contributed by atoms with Crippen molar-refractivity contribution in [3.05, 3.63) is 36.1 Å². The monoisotopic (exact) mass is 690 g/mol. The van der Waals surface area contributed by atoms with Crippen LogP contribution < -0.4 is 4.74 Å². The van der Waals surface area contributed by atoms with Gasteiger partial charge in [-0.2, -0.15) is 0 Å². The van der Waals surface area contributed by atoms with E-state index in [9.17, 15) is 33.6 Å². The number of Topliss-reactive ketones (excluding diaryl/α,β-unsaturated/α-hetero) is 1. The third-order valence-corrected chi connectivity index (χ3v) is 7.74. The Balaban J connectivity index is 1.59. The summed E-state index contributed by atoms with van der Waals surface area (Å²) in [5, 5.41) is 0. The van der Waals surface area contributed by atoms with E-state index in [4.69, 9.17) is 42.6 Å². The van der Waals surface area contributed by atoms with E-state index in [0.717, 1.165) is 27.7 Å². The molecule has 1 saturated carbocycles. The molecular weight excluding hydrogens is 652 g/mol. The summed E-state index contributed by atoms with van der Waals surface area (Å²) in [4.78, 5) is 84.9. The first-order valence-corrected chi connectivity index (χ1v) is 15.4. The maximum absolute atomic E-state index is 13.7. The largest absolute Gasteiger partial charge is 0.496 e. The van der Waals surface area contributed by atoms with Gasteiger partial charge in [-0.05, 0) is 17.7 Å². The number of benzene rings is 1. The zero-order chi connectivity index (χ0) is 36.0. The van der Waals surface area contributed by atoms with Crippen LogP contribution in [0.5, 0.6) is 5.75 Å². The predicted octanol–water partition coefficient (Wildman–Crippen LogP) is 1.73. The molecule has 1 aliphatic carbocycles. The number of esters is 6. The first kappa shape index (κ1) is 36.8. The minimum atomic E-state index is -1.46. The minimum absolute atomic E-state index is 0.130. The van der Waals surface area contributed by atoms with Gasteiger partial charge in [0.1, 0.15) is 36.8 Å². The molecule has 0 amide bonds. The minimum Gasteiger partial charge on any atom is -0.496 e. The lowest BCUT2D eigenvalue weighted by Gasteiger charge is -2.43. The van der Waals surface area contributed by atoms with Crippen LogP contribution in [0.3, 0.4) is 0 Å². The van der Waals surface area contributed by atoms with Gasteiger partial charge in [0.15, 0.2) is 18.0 Å². The number of hydrogen-bond acceptors (Lipinski definition) is 16. The second-order valence-electron chi connectivity index (χ2n) is 11.7. The third-order valence-electron chi connectivity index (χ3n) is 7.74. The molecule has 0 bridgehead atoms. The zero-order valence-corrected chi connectivity index (χ0v) is 27.7. The summed E-state index contributed by atoms with van der Waals surface area (Å²) in [6.45, 7) is 6.55. The molecule has 0 radical (unpaired) electrons. The first-order valence-electron chi connectivity index (χ1n) is 15.4. The van der Waals surface area contributed by atoms with Gasteiger partial charge in [0.2, 0.25) is 12.4 Å². The van der Waals surface area contributed by atoms with Gasteiger partial charge >= 0.3 is 35.8 Å².